The van der Waals surface area contributed by atoms with Gasteiger partial charge in [-0.2, -0.15) is 0 Å². The van der Waals surface area contributed by atoms with Crippen molar-refractivity contribution in [2.75, 3.05) is 19.1 Å². The topological polar surface area (TPSA) is 70.7 Å². The van der Waals surface area contributed by atoms with E-state index in [9.17, 15) is 9.59 Å². The van der Waals surface area contributed by atoms with E-state index in [4.69, 9.17) is 12.2 Å². The number of nitrogens with one attached hydrogen (secondary N) is 2. The Kier molecular flexibility index (Phi) is 6.21. The van der Waals surface area contributed by atoms with E-state index in [0.717, 1.165) is 5.56 Å². The van der Waals surface area contributed by atoms with E-state index in [2.05, 4.69) is 15.6 Å². The van der Waals surface area contributed by atoms with Gasteiger partial charge in [-0.3, -0.25) is 19.7 Å². The third-order valence-corrected chi connectivity index (χ3v) is 3.96. The van der Waals surface area contributed by atoms with E-state index < -0.39 is 0 Å². The molecule has 2 aromatic carbocycles. The number of aryl methyl sites for hydroxylation is 1. The van der Waals surface area contributed by atoms with Gasteiger partial charge in [-0.25, -0.2) is 5.48 Å². The molecule has 2 rings (SSSR count). The highest BCUT2D eigenvalue weighted by Crippen LogP contribution is 2.21. The molecular formula is C18H19N3O3S. The molecule has 2 N–H and O–H groups in total. The van der Waals surface area contributed by atoms with Gasteiger partial charge in [0.15, 0.2) is 5.11 Å². The van der Waals surface area contributed by atoms with Crippen LogP contribution in [0, 0.1) is 6.92 Å². The number of hydroxylamine groups is 1. The summed E-state index contributed by atoms with van der Waals surface area (Å²) in [6, 6.07) is 14.0. The van der Waals surface area contributed by atoms with Crippen LogP contribution in [0.3, 0.4) is 0 Å². The zero-order valence-corrected chi connectivity index (χ0v) is 15.0. The third kappa shape index (κ3) is 4.62. The minimum atomic E-state index is -0.364. The monoisotopic (exact) mass is 357 g/mol. The maximum absolute atomic E-state index is 12.2. The van der Waals surface area contributed by atoms with Gasteiger partial charge in [0.25, 0.3) is 11.8 Å². The number of hydrogen-bond acceptors (Lipinski definition) is 4. The van der Waals surface area contributed by atoms with Gasteiger partial charge in [-0.05, 0) is 49.0 Å². The van der Waals surface area contributed by atoms with Gasteiger partial charge in [0.05, 0.1) is 7.11 Å². The highest BCUT2D eigenvalue weighted by Gasteiger charge is 2.15. The third-order valence-electron chi connectivity index (χ3n) is 3.59. The van der Waals surface area contributed by atoms with Crippen LogP contribution in [0.4, 0.5) is 5.69 Å². The van der Waals surface area contributed by atoms with Crippen molar-refractivity contribution in [3.8, 4) is 0 Å². The minimum Gasteiger partial charge on any atom is -0.321 e. The Bertz CT molecular complexity index is 793. The maximum atomic E-state index is 12.2. The molecule has 2 amide bonds. The molecule has 0 atom stereocenters. The molecule has 0 aliphatic carbocycles. The quantitative estimate of drug-likeness (QED) is 0.650. The van der Waals surface area contributed by atoms with Crippen molar-refractivity contribution in [2.24, 2.45) is 0 Å². The number of hydrogen-bond donors (Lipinski definition) is 2. The molecule has 0 aliphatic heterocycles. The van der Waals surface area contributed by atoms with Crippen molar-refractivity contribution >= 4 is 34.8 Å². The normalized spacial score (nSPS) is 10.0. The number of amides is 2. The molecule has 0 radical (unpaired) electrons. The van der Waals surface area contributed by atoms with Crippen LogP contribution >= 0.6 is 12.2 Å². The van der Waals surface area contributed by atoms with Crippen LogP contribution < -0.4 is 15.7 Å². The van der Waals surface area contributed by atoms with Crippen LogP contribution in [0.15, 0.2) is 48.5 Å². The Balaban J connectivity index is 2.17. The minimum absolute atomic E-state index is 0.237. The lowest BCUT2D eigenvalue weighted by atomic mass is 10.1. The molecule has 0 bridgehead atoms. The average Bonchev–Trinajstić information content (AvgIpc) is 2.62. The van der Waals surface area contributed by atoms with Gasteiger partial charge in [-0.1, -0.05) is 24.3 Å². The molecule has 0 heterocycles. The van der Waals surface area contributed by atoms with Crippen molar-refractivity contribution in [1.82, 2.24) is 10.8 Å². The summed E-state index contributed by atoms with van der Waals surface area (Å²) < 4.78 is 0. The number of carbonyl (C=O) groups is 2. The molecular weight excluding hydrogens is 338 g/mol. The zero-order valence-electron chi connectivity index (χ0n) is 14.2. The predicted octanol–water partition coefficient (Wildman–Crippen LogP) is 2.44. The zero-order chi connectivity index (χ0) is 18.4. The lowest BCUT2D eigenvalue weighted by Gasteiger charge is -2.23. The van der Waals surface area contributed by atoms with E-state index in [1.807, 2.05) is 13.0 Å². The second kappa shape index (κ2) is 8.36. The van der Waals surface area contributed by atoms with Crippen molar-refractivity contribution in [2.45, 2.75) is 6.92 Å². The first kappa shape index (κ1) is 18.6. The molecule has 0 saturated heterocycles. The highest BCUT2D eigenvalue weighted by atomic mass is 32.1. The summed E-state index contributed by atoms with van der Waals surface area (Å²) in [6.07, 6.45) is 0. The van der Waals surface area contributed by atoms with Gasteiger partial charge in [0.1, 0.15) is 0 Å². The maximum Gasteiger partial charge on any atom is 0.274 e. The Hall–Kier alpha value is -2.77. The van der Waals surface area contributed by atoms with Crippen molar-refractivity contribution < 1.29 is 14.4 Å². The number of anilines is 1. The summed E-state index contributed by atoms with van der Waals surface area (Å²) in [5, 5.41) is 2.93. The van der Waals surface area contributed by atoms with Crippen molar-refractivity contribution in [3.05, 3.63) is 65.2 Å². The average molecular weight is 357 g/mol. The van der Waals surface area contributed by atoms with E-state index in [0.29, 0.717) is 16.8 Å². The van der Waals surface area contributed by atoms with Gasteiger partial charge in [-0.15, -0.1) is 0 Å². The Morgan fingerprint density at radius 3 is 2.36 bits per heavy atom. The van der Waals surface area contributed by atoms with Crippen LogP contribution in [0.25, 0.3) is 0 Å². The second-order valence-corrected chi connectivity index (χ2v) is 5.71. The van der Waals surface area contributed by atoms with E-state index in [-0.39, 0.29) is 16.9 Å². The fourth-order valence-corrected chi connectivity index (χ4v) is 2.41. The number of nitrogens with zero attached hydrogens (tertiary/aromatic N) is 1. The molecule has 25 heavy (non-hydrogen) atoms. The predicted molar refractivity (Wildman–Crippen MR) is 101 cm³/mol. The van der Waals surface area contributed by atoms with Crippen LogP contribution in [0.1, 0.15) is 26.3 Å². The Labute approximate surface area is 151 Å². The van der Waals surface area contributed by atoms with Crippen LogP contribution in [0.2, 0.25) is 0 Å². The molecule has 7 heteroatoms. The van der Waals surface area contributed by atoms with E-state index in [1.165, 1.54) is 7.11 Å². The molecule has 0 unspecified atom stereocenters. The van der Waals surface area contributed by atoms with Gasteiger partial charge >= 0.3 is 0 Å². The second-order valence-electron chi connectivity index (χ2n) is 5.32. The van der Waals surface area contributed by atoms with Crippen molar-refractivity contribution in [3.63, 3.8) is 0 Å². The molecule has 0 fully saturated rings. The first-order valence-electron chi connectivity index (χ1n) is 7.52. The lowest BCUT2D eigenvalue weighted by molar-refractivity contribution is 0.0537. The molecule has 0 aromatic heterocycles. The standard InChI is InChI=1S/C18H19N3O3S/c1-12-9-10-14(17(23)20-24-3)11-15(12)21(2)18(25)19-16(22)13-7-5-4-6-8-13/h4-11H,1-3H3,(H,20,23)(H,19,22,25). The first-order valence-corrected chi connectivity index (χ1v) is 7.93. The Morgan fingerprint density at radius 2 is 1.72 bits per heavy atom. The highest BCUT2D eigenvalue weighted by molar-refractivity contribution is 7.80. The summed E-state index contributed by atoms with van der Waals surface area (Å²) in [7, 11) is 3.10. The number of thiocarbonyl (C=S) groups is 1. The largest absolute Gasteiger partial charge is 0.321 e. The van der Waals surface area contributed by atoms with E-state index >= 15 is 0 Å². The van der Waals surface area contributed by atoms with Crippen LogP contribution in [-0.4, -0.2) is 31.1 Å². The van der Waals surface area contributed by atoms with E-state index in [1.54, 1.807) is 54.4 Å². The van der Waals surface area contributed by atoms with Crippen LogP contribution in [-0.2, 0) is 4.84 Å². The summed E-state index contributed by atoms with van der Waals surface area (Å²) >= 11 is 5.32. The number of carbonyl (C=O) groups excluding carboxylic acids is 2. The molecule has 6 nitrogen and oxygen atoms in total. The lowest BCUT2D eigenvalue weighted by Crippen LogP contribution is -2.41. The molecule has 0 saturated carbocycles. The SMILES string of the molecule is CONC(=O)c1ccc(C)c(N(C)C(=S)NC(=O)c2ccccc2)c1. The molecule has 2 aromatic rings. The number of rotatable bonds is 4. The Morgan fingerprint density at radius 1 is 1.04 bits per heavy atom. The summed E-state index contributed by atoms with van der Waals surface area (Å²) in [5.41, 5.74) is 4.83. The van der Waals surface area contributed by atoms with Gasteiger partial charge < -0.3 is 4.90 Å². The first-order chi connectivity index (χ1) is 11.9. The summed E-state index contributed by atoms with van der Waals surface area (Å²) in [6.45, 7) is 1.89. The fourth-order valence-electron chi connectivity index (χ4n) is 2.22. The van der Waals surface area contributed by atoms with Gasteiger partial charge in [0, 0.05) is 23.9 Å². The van der Waals surface area contributed by atoms with Gasteiger partial charge in [0.2, 0.25) is 0 Å². The van der Waals surface area contributed by atoms with Crippen LogP contribution in [0.5, 0.6) is 0 Å². The molecule has 0 spiro atoms. The fraction of sp³-hybridized carbons (Fsp3) is 0.167. The summed E-state index contributed by atoms with van der Waals surface area (Å²) in [5.74, 6) is -0.653. The molecule has 0 aliphatic rings. The number of benzene rings is 2. The molecule has 130 valence electrons. The van der Waals surface area contributed by atoms with Crippen molar-refractivity contribution in [1.29, 1.82) is 0 Å². The smallest absolute Gasteiger partial charge is 0.274 e. The summed E-state index contributed by atoms with van der Waals surface area (Å²) in [4.78, 5) is 30.4.